The molecule has 1 saturated carbocycles. The molecule has 2 rings (SSSR count). The van der Waals surface area contributed by atoms with Crippen molar-refractivity contribution in [3.63, 3.8) is 0 Å². The smallest absolute Gasteiger partial charge is 0.252 e. The van der Waals surface area contributed by atoms with Gasteiger partial charge < -0.3 is 10.1 Å². The number of benzene rings is 1. The SMILES string of the molecule is COc1ccc(I)c(C(=O)NC2CC2)c1. The average molecular weight is 317 g/mol. The Bertz CT molecular complexity index is 388. The zero-order valence-electron chi connectivity index (χ0n) is 8.42. The van der Waals surface area contributed by atoms with E-state index in [4.69, 9.17) is 4.74 Å². The van der Waals surface area contributed by atoms with Gasteiger partial charge in [-0.1, -0.05) is 0 Å². The van der Waals surface area contributed by atoms with E-state index in [-0.39, 0.29) is 5.91 Å². The summed E-state index contributed by atoms with van der Waals surface area (Å²) in [6, 6.07) is 5.91. The molecule has 0 aliphatic heterocycles. The fourth-order valence-corrected chi connectivity index (χ4v) is 1.88. The van der Waals surface area contributed by atoms with Crippen molar-refractivity contribution in [2.75, 3.05) is 7.11 Å². The summed E-state index contributed by atoms with van der Waals surface area (Å²) in [5.74, 6) is 0.720. The van der Waals surface area contributed by atoms with Gasteiger partial charge in [0.25, 0.3) is 5.91 Å². The van der Waals surface area contributed by atoms with Gasteiger partial charge in [-0.2, -0.15) is 0 Å². The van der Waals surface area contributed by atoms with Crippen molar-refractivity contribution in [1.29, 1.82) is 0 Å². The number of ether oxygens (including phenoxy) is 1. The highest BCUT2D eigenvalue weighted by atomic mass is 127. The van der Waals surface area contributed by atoms with Gasteiger partial charge in [-0.15, -0.1) is 0 Å². The van der Waals surface area contributed by atoms with Crippen LogP contribution in [0.15, 0.2) is 18.2 Å². The van der Waals surface area contributed by atoms with E-state index in [2.05, 4.69) is 27.9 Å². The Morgan fingerprint density at radius 3 is 2.87 bits per heavy atom. The van der Waals surface area contributed by atoms with Gasteiger partial charge in [0, 0.05) is 9.61 Å². The molecule has 1 aliphatic carbocycles. The van der Waals surface area contributed by atoms with Gasteiger partial charge in [-0.25, -0.2) is 0 Å². The molecule has 0 radical (unpaired) electrons. The molecule has 1 aromatic rings. The van der Waals surface area contributed by atoms with Crippen LogP contribution in [0.2, 0.25) is 0 Å². The second kappa shape index (κ2) is 4.38. The number of amides is 1. The van der Waals surface area contributed by atoms with Crippen LogP contribution < -0.4 is 10.1 Å². The predicted molar refractivity (Wildman–Crippen MR) is 66.2 cm³/mol. The van der Waals surface area contributed by atoms with Crippen LogP contribution in [0.3, 0.4) is 0 Å². The summed E-state index contributed by atoms with van der Waals surface area (Å²) < 4.78 is 6.05. The van der Waals surface area contributed by atoms with Gasteiger partial charge in [-0.3, -0.25) is 4.79 Å². The summed E-state index contributed by atoms with van der Waals surface area (Å²) in [5, 5.41) is 2.96. The summed E-state index contributed by atoms with van der Waals surface area (Å²) >= 11 is 2.16. The second-order valence-electron chi connectivity index (χ2n) is 3.59. The van der Waals surface area contributed by atoms with Gasteiger partial charge in [0.2, 0.25) is 0 Å². The topological polar surface area (TPSA) is 38.3 Å². The van der Waals surface area contributed by atoms with E-state index in [0.29, 0.717) is 11.6 Å². The third-order valence-corrected chi connectivity index (χ3v) is 3.27. The lowest BCUT2D eigenvalue weighted by Crippen LogP contribution is -2.26. The van der Waals surface area contributed by atoms with Crippen LogP contribution in [0.4, 0.5) is 0 Å². The maximum absolute atomic E-state index is 11.8. The number of hydrogen-bond donors (Lipinski definition) is 1. The van der Waals surface area contributed by atoms with Crippen molar-refractivity contribution in [1.82, 2.24) is 5.32 Å². The Labute approximate surface area is 102 Å². The van der Waals surface area contributed by atoms with Gasteiger partial charge in [0.1, 0.15) is 5.75 Å². The molecule has 1 aromatic carbocycles. The van der Waals surface area contributed by atoms with Crippen LogP contribution in [-0.2, 0) is 0 Å². The Balaban J connectivity index is 2.20. The molecule has 15 heavy (non-hydrogen) atoms. The van der Waals surface area contributed by atoms with Gasteiger partial charge >= 0.3 is 0 Å². The molecule has 4 heteroatoms. The highest BCUT2D eigenvalue weighted by Crippen LogP contribution is 2.22. The summed E-state index contributed by atoms with van der Waals surface area (Å²) in [4.78, 5) is 11.8. The third kappa shape index (κ3) is 2.62. The first kappa shape index (κ1) is 10.7. The van der Waals surface area contributed by atoms with Crippen LogP contribution in [0.25, 0.3) is 0 Å². The molecule has 0 bridgehead atoms. The number of halogens is 1. The molecule has 0 spiro atoms. The molecule has 80 valence electrons. The Hall–Kier alpha value is -0.780. The van der Waals surface area contributed by atoms with E-state index in [1.165, 1.54) is 0 Å². The highest BCUT2D eigenvalue weighted by Gasteiger charge is 2.24. The lowest BCUT2D eigenvalue weighted by molar-refractivity contribution is 0.0950. The summed E-state index contributed by atoms with van der Waals surface area (Å²) in [6.45, 7) is 0. The quantitative estimate of drug-likeness (QED) is 0.868. The van der Waals surface area contributed by atoms with Crippen LogP contribution in [0.1, 0.15) is 23.2 Å². The normalized spacial score (nSPS) is 14.8. The van der Waals surface area contributed by atoms with Crippen LogP contribution in [-0.4, -0.2) is 19.1 Å². The predicted octanol–water partition coefficient (Wildman–Crippen LogP) is 2.19. The van der Waals surface area contributed by atoms with Crippen LogP contribution >= 0.6 is 22.6 Å². The van der Waals surface area contributed by atoms with E-state index in [0.717, 1.165) is 22.2 Å². The van der Waals surface area contributed by atoms with Crippen molar-refractivity contribution in [3.8, 4) is 5.75 Å². The molecule has 0 heterocycles. The molecule has 3 nitrogen and oxygen atoms in total. The van der Waals surface area contributed by atoms with Crippen LogP contribution in [0.5, 0.6) is 5.75 Å². The number of rotatable bonds is 3. The number of nitrogens with one attached hydrogen (secondary N) is 1. The molecule has 1 aliphatic rings. The lowest BCUT2D eigenvalue weighted by Gasteiger charge is -2.07. The minimum Gasteiger partial charge on any atom is -0.497 e. The molecular formula is C11H12INO2. The van der Waals surface area contributed by atoms with E-state index in [1.54, 1.807) is 13.2 Å². The van der Waals surface area contributed by atoms with Crippen molar-refractivity contribution in [2.24, 2.45) is 0 Å². The summed E-state index contributed by atoms with van der Waals surface area (Å²) in [6.07, 6.45) is 2.21. The zero-order valence-corrected chi connectivity index (χ0v) is 10.6. The van der Waals surface area contributed by atoms with Crippen LogP contribution in [0, 0.1) is 3.57 Å². The van der Waals surface area contributed by atoms with Gasteiger partial charge in [-0.05, 0) is 53.6 Å². The molecule has 1 amide bonds. The molecule has 1 fully saturated rings. The van der Waals surface area contributed by atoms with Crippen molar-refractivity contribution in [2.45, 2.75) is 18.9 Å². The minimum atomic E-state index is 0.000741. The molecular weight excluding hydrogens is 305 g/mol. The molecule has 0 saturated heterocycles. The van der Waals surface area contributed by atoms with E-state index in [9.17, 15) is 4.79 Å². The largest absolute Gasteiger partial charge is 0.497 e. The van der Waals surface area contributed by atoms with Crippen molar-refractivity contribution >= 4 is 28.5 Å². The fourth-order valence-electron chi connectivity index (χ4n) is 1.30. The van der Waals surface area contributed by atoms with E-state index in [1.807, 2.05) is 12.1 Å². The number of carbonyl (C=O) groups excluding carboxylic acids is 1. The lowest BCUT2D eigenvalue weighted by atomic mass is 10.2. The Morgan fingerprint density at radius 2 is 2.27 bits per heavy atom. The van der Waals surface area contributed by atoms with Crippen molar-refractivity contribution in [3.05, 3.63) is 27.3 Å². The standard InChI is InChI=1S/C11H12INO2/c1-15-8-4-5-10(12)9(6-8)11(14)13-7-2-3-7/h4-7H,2-3H2,1H3,(H,13,14). The number of methoxy groups -OCH3 is 1. The first-order valence-electron chi connectivity index (χ1n) is 4.85. The average Bonchev–Trinajstić information content (AvgIpc) is 3.02. The second-order valence-corrected chi connectivity index (χ2v) is 4.76. The van der Waals surface area contributed by atoms with Gasteiger partial charge in [0.05, 0.1) is 12.7 Å². The molecule has 0 aromatic heterocycles. The fraction of sp³-hybridized carbons (Fsp3) is 0.364. The molecule has 0 unspecified atom stereocenters. The number of hydrogen-bond acceptors (Lipinski definition) is 2. The molecule has 0 atom stereocenters. The summed E-state index contributed by atoms with van der Waals surface area (Å²) in [5.41, 5.74) is 0.696. The number of carbonyl (C=O) groups is 1. The van der Waals surface area contributed by atoms with E-state index >= 15 is 0 Å². The Kier molecular flexibility index (Phi) is 3.14. The first-order valence-corrected chi connectivity index (χ1v) is 5.93. The monoisotopic (exact) mass is 317 g/mol. The Morgan fingerprint density at radius 1 is 1.53 bits per heavy atom. The highest BCUT2D eigenvalue weighted by molar-refractivity contribution is 14.1. The van der Waals surface area contributed by atoms with Gasteiger partial charge in [0.15, 0.2) is 0 Å². The maximum Gasteiger partial charge on any atom is 0.252 e. The van der Waals surface area contributed by atoms with Crippen molar-refractivity contribution < 1.29 is 9.53 Å². The maximum atomic E-state index is 11.8. The van der Waals surface area contributed by atoms with E-state index < -0.39 is 0 Å². The molecule has 1 N–H and O–H groups in total. The third-order valence-electron chi connectivity index (χ3n) is 2.33. The zero-order chi connectivity index (χ0) is 10.8. The minimum absolute atomic E-state index is 0.000741. The first-order chi connectivity index (χ1) is 7.20. The summed E-state index contributed by atoms with van der Waals surface area (Å²) in [7, 11) is 1.60.